The lowest BCUT2D eigenvalue weighted by atomic mass is 9.91. The standard InChI is InChI=1S/C16H31N/c1-11-8-14(2,3)9-12(11)17-10-13-15(4,5)16(13,6)7/h11-13,17H,8-10H2,1-7H3. The van der Waals surface area contributed by atoms with E-state index in [9.17, 15) is 0 Å². The van der Waals surface area contributed by atoms with Crippen molar-refractivity contribution in [2.75, 3.05) is 6.54 Å². The molecule has 17 heavy (non-hydrogen) atoms. The molecule has 0 amide bonds. The third-order valence-electron chi connectivity index (χ3n) is 6.24. The highest BCUT2D eigenvalue weighted by Gasteiger charge is 2.64. The second-order valence-electron chi connectivity index (χ2n) is 8.56. The summed E-state index contributed by atoms with van der Waals surface area (Å²) in [6, 6.07) is 0.747. The maximum atomic E-state index is 3.86. The maximum absolute atomic E-state index is 3.86. The zero-order valence-electron chi connectivity index (χ0n) is 12.9. The van der Waals surface area contributed by atoms with Crippen LogP contribution in [0.15, 0.2) is 0 Å². The van der Waals surface area contributed by atoms with Crippen LogP contribution in [0.3, 0.4) is 0 Å². The van der Waals surface area contributed by atoms with E-state index in [1.807, 2.05) is 0 Å². The van der Waals surface area contributed by atoms with Crippen molar-refractivity contribution in [3.8, 4) is 0 Å². The molecule has 0 aromatic heterocycles. The molecule has 0 aromatic rings. The molecule has 100 valence electrons. The molecule has 0 saturated heterocycles. The predicted molar refractivity (Wildman–Crippen MR) is 75.0 cm³/mol. The minimum atomic E-state index is 0.525. The highest BCUT2D eigenvalue weighted by Crippen LogP contribution is 2.68. The molecule has 0 spiro atoms. The molecule has 0 bridgehead atoms. The minimum absolute atomic E-state index is 0.525. The molecular formula is C16H31N. The third-order valence-corrected chi connectivity index (χ3v) is 6.24. The first-order valence-corrected chi connectivity index (χ1v) is 7.31. The van der Waals surface area contributed by atoms with Gasteiger partial charge in [0.25, 0.3) is 0 Å². The molecule has 2 saturated carbocycles. The van der Waals surface area contributed by atoms with Crippen LogP contribution in [-0.2, 0) is 0 Å². The Bertz CT molecular complexity index is 287. The van der Waals surface area contributed by atoms with E-state index < -0.39 is 0 Å². The SMILES string of the molecule is CC1CC(C)(C)CC1NCC1C(C)(C)C1(C)C. The van der Waals surface area contributed by atoms with Gasteiger partial charge in [-0.1, -0.05) is 48.5 Å². The summed E-state index contributed by atoms with van der Waals surface area (Å²) in [7, 11) is 0. The molecule has 2 unspecified atom stereocenters. The van der Waals surface area contributed by atoms with Crippen molar-refractivity contribution in [3.63, 3.8) is 0 Å². The summed E-state index contributed by atoms with van der Waals surface area (Å²) in [6.07, 6.45) is 2.73. The van der Waals surface area contributed by atoms with Crippen LogP contribution >= 0.6 is 0 Å². The van der Waals surface area contributed by atoms with Gasteiger partial charge in [0.15, 0.2) is 0 Å². The van der Waals surface area contributed by atoms with E-state index in [1.165, 1.54) is 19.4 Å². The van der Waals surface area contributed by atoms with Crippen LogP contribution in [-0.4, -0.2) is 12.6 Å². The van der Waals surface area contributed by atoms with E-state index in [0.717, 1.165) is 17.9 Å². The molecule has 1 heteroatoms. The van der Waals surface area contributed by atoms with E-state index in [-0.39, 0.29) is 0 Å². The summed E-state index contributed by atoms with van der Waals surface area (Å²) in [5.74, 6) is 1.70. The molecule has 1 nitrogen and oxygen atoms in total. The predicted octanol–water partition coefficient (Wildman–Crippen LogP) is 4.08. The van der Waals surface area contributed by atoms with Crippen LogP contribution in [0.2, 0.25) is 0 Å². The van der Waals surface area contributed by atoms with Gasteiger partial charge in [-0.3, -0.25) is 0 Å². The van der Waals surface area contributed by atoms with Gasteiger partial charge in [-0.05, 0) is 47.5 Å². The summed E-state index contributed by atoms with van der Waals surface area (Å²) in [5, 5.41) is 3.86. The normalized spacial score (nSPS) is 38.3. The second kappa shape index (κ2) is 3.73. The molecule has 0 aromatic carbocycles. The van der Waals surface area contributed by atoms with Gasteiger partial charge in [0, 0.05) is 6.04 Å². The van der Waals surface area contributed by atoms with Gasteiger partial charge in [-0.25, -0.2) is 0 Å². The molecule has 0 heterocycles. The summed E-state index contributed by atoms with van der Waals surface area (Å²) in [6.45, 7) is 18.1. The highest BCUT2D eigenvalue weighted by atomic mass is 15.0. The third kappa shape index (κ3) is 2.16. The van der Waals surface area contributed by atoms with Crippen LogP contribution in [0.1, 0.15) is 61.3 Å². The lowest BCUT2D eigenvalue weighted by molar-refractivity contribution is 0.359. The lowest BCUT2D eigenvalue weighted by Gasteiger charge is -2.19. The fraction of sp³-hybridized carbons (Fsp3) is 1.00. The molecule has 0 radical (unpaired) electrons. The van der Waals surface area contributed by atoms with Crippen molar-refractivity contribution in [2.24, 2.45) is 28.1 Å². The Hall–Kier alpha value is -0.0400. The van der Waals surface area contributed by atoms with E-state index in [0.29, 0.717) is 16.2 Å². The molecule has 0 aliphatic heterocycles. The number of nitrogens with one attached hydrogen (secondary N) is 1. The van der Waals surface area contributed by atoms with Gasteiger partial charge >= 0.3 is 0 Å². The quantitative estimate of drug-likeness (QED) is 0.780. The Morgan fingerprint density at radius 3 is 1.82 bits per heavy atom. The number of hydrogen-bond acceptors (Lipinski definition) is 1. The maximum Gasteiger partial charge on any atom is 0.00980 e. The molecule has 2 atom stereocenters. The van der Waals surface area contributed by atoms with Crippen molar-refractivity contribution in [3.05, 3.63) is 0 Å². The van der Waals surface area contributed by atoms with E-state index >= 15 is 0 Å². The average Bonchev–Trinajstić information content (AvgIpc) is 2.40. The van der Waals surface area contributed by atoms with Crippen LogP contribution < -0.4 is 5.32 Å². The summed E-state index contributed by atoms with van der Waals surface area (Å²) in [5.41, 5.74) is 1.60. The average molecular weight is 237 g/mol. The zero-order chi connectivity index (χ0) is 13.1. The Balaban J connectivity index is 1.85. The smallest absolute Gasteiger partial charge is 0.00980 e. The van der Waals surface area contributed by atoms with Gasteiger partial charge in [-0.2, -0.15) is 0 Å². The molecule has 2 aliphatic rings. The number of rotatable bonds is 3. The van der Waals surface area contributed by atoms with Gasteiger partial charge in [0.1, 0.15) is 0 Å². The van der Waals surface area contributed by atoms with Gasteiger partial charge in [0.05, 0.1) is 0 Å². The van der Waals surface area contributed by atoms with Crippen molar-refractivity contribution in [2.45, 2.75) is 67.3 Å². The highest BCUT2D eigenvalue weighted by molar-refractivity contribution is 5.13. The van der Waals surface area contributed by atoms with E-state index in [4.69, 9.17) is 0 Å². The zero-order valence-corrected chi connectivity index (χ0v) is 12.9. The molecule has 2 aliphatic carbocycles. The molecular weight excluding hydrogens is 206 g/mol. The van der Waals surface area contributed by atoms with Crippen LogP contribution in [0.4, 0.5) is 0 Å². The fourth-order valence-corrected chi connectivity index (χ4v) is 4.28. The summed E-state index contributed by atoms with van der Waals surface area (Å²) >= 11 is 0. The summed E-state index contributed by atoms with van der Waals surface area (Å²) in [4.78, 5) is 0. The van der Waals surface area contributed by atoms with Gasteiger partial charge < -0.3 is 5.32 Å². The van der Waals surface area contributed by atoms with Gasteiger partial charge in [0.2, 0.25) is 0 Å². The van der Waals surface area contributed by atoms with Crippen molar-refractivity contribution >= 4 is 0 Å². The van der Waals surface area contributed by atoms with Crippen LogP contribution in [0.5, 0.6) is 0 Å². The first-order chi connectivity index (χ1) is 7.58. The fourth-order valence-electron chi connectivity index (χ4n) is 4.28. The van der Waals surface area contributed by atoms with Crippen molar-refractivity contribution in [1.82, 2.24) is 5.32 Å². The van der Waals surface area contributed by atoms with Crippen molar-refractivity contribution < 1.29 is 0 Å². The Kier molecular flexibility index (Phi) is 2.94. The van der Waals surface area contributed by atoms with Gasteiger partial charge in [-0.15, -0.1) is 0 Å². The molecule has 1 N–H and O–H groups in total. The van der Waals surface area contributed by atoms with Crippen LogP contribution in [0, 0.1) is 28.1 Å². The lowest BCUT2D eigenvalue weighted by Crippen LogP contribution is -2.34. The van der Waals surface area contributed by atoms with E-state index in [2.05, 4.69) is 53.8 Å². The molecule has 2 fully saturated rings. The first-order valence-electron chi connectivity index (χ1n) is 7.31. The number of hydrogen-bond donors (Lipinski definition) is 1. The van der Waals surface area contributed by atoms with E-state index in [1.54, 1.807) is 0 Å². The van der Waals surface area contributed by atoms with Crippen LogP contribution in [0.25, 0.3) is 0 Å². The minimum Gasteiger partial charge on any atom is -0.313 e. The molecule has 2 rings (SSSR count). The topological polar surface area (TPSA) is 12.0 Å². The Morgan fingerprint density at radius 2 is 1.47 bits per heavy atom. The Labute approximate surface area is 108 Å². The second-order valence-corrected chi connectivity index (χ2v) is 8.56. The Morgan fingerprint density at radius 1 is 0.941 bits per heavy atom. The monoisotopic (exact) mass is 237 g/mol. The van der Waals surface area contributed by atoms with Crippen molar-refractivity contribution in [1.29, 1.82) is 0 Å². The largest absolute Gasteiger partial charge is 0.313 e. The summed E-state index contributed by atoms with van der Waals surface area (Å²) < 4.78 is 0. The first kappa shape index (κ1) is 13.4.